The summed E-state index contributed by atoms with van der Waals surface area (Å²) in [6.07, 6.45) is 6.61. The molecule has 0 bridgehead atoms. The molecule has 114 valence electrons. The van der Waals surface area contributed by atoms with E-state index in [4.69, 9.17) is 0 Å². The van der Waals surface area contributed by atoms with Gasteiger partial charge in [-0.25, -0.2) is 0 Å². The highest BCUT2D eigenvalue weighted by molar-refractivity contribution is 9.11. The van der Waals surface area contributed by atoms with Gasteiger partial charge >= 0.3 is 0 Å². The van der Waals surface area contributed by atoms with E-state index in [1.54, 1.807) is 0 Å². The lowest BCUT2D eigenvalue weighted by atomic mass is 10.1. The Morgan fingerprint density at radius 1 is 1.14 bits per heavy atom. The first-order chi connectivity index (χ1) is 10.1. The molecule has 3 N–H and O–H groups in total. The van der Waals surface area contributed by atoms with Gasteiger partial charge < -0.3 is 10.7 Å². The molecule has 1 aromatic carbocycles. The molecular weight excluding hydrogens is 466 g/mol. The molecule has 0 saturated heterocycles. The van der Waals surface area contributed by atoms with Crippen LogP contribution in [0.4, 0.5) is 5.69 Å². The van der Waals surface area contributed by atoms with E-state index < -0.39 is 0 Å². The van der Waals surface area contributed by atoms with Crippen molar-refractivity contribution in [2.45, 2.75) is 25.7 Å². The van der Waals surface area contributed by atoms with Gasteiger partial charge in [-0.3, -0.25) is 10.2 Å². The van der Waals surface area contributed by atoms with E-state index in [0.717, 1.165) is 37.6 Å². The minimum absolute atomic E-state index is 0.108. The van der Waals surface area contributed by atoms with Crippen LogP contribution in [0.1, 0.15) is 25.7 Å². The van der Waals surface area contributed by atoms with E-state index in [-0.39, 0.29) is 12.5 Å². The Bertz CT molecular complexity index is 537. The zero-order chi connectivity index (χ0) is 15.2. The van der Waals surface area contributed by atoms with E-state index in [1.807, 2.05) is 12.1 Å². The molecule has 1 aromatic rings. The predicted octanol–water partition coefficient (Wildman–Crippen LogP) is 4.46. The molecule has 1 amide bonds. The van der Waals surface area contributed by atoms with Crippen LogP contribution in [0, 0.1) is 0 Å². The Morgan fingerprint density at radius 3 is 2.48 bits per heavy atom. The number of benzene rings is 1. The van der Waals surface area contributed by atoms with Gasteiger partial charge in [0.2, 0.25) is 0 Å². The zero-order valence-electron chi connectivity index (χ0n) is 11.3. The summed E-state index contributed by atoms with van der Waals surface area (Å²) in [5, 5.41) is 3.11. The van der Waals surface area contributed by atoms with Gasteiger partial charge in [0.05, 0.1) is 12.2 Å². The lowest BCUT2D eigenvalue weighted by Crippen LogP contribution is -2.40. The Kier molecular flexibility index (Phi) is 6.57. The van der Waals surface area contributed by atoms with Gasteiger partial charge in [0.25, 0.3) is 5.91 Å². The molecule has 0 spiro atoms. The number of allylic oxidation sites excluding steroid dienone is 2. The minimum Gasteiger partial charge on any atom is -0.374 e. The van der Waals surface area contributed by atoms with Crippen molar-refractivity contribution in [3.8, 4) is 0 Å². The highest BCUT2D eigenvalue weighted by Crippen LogP contribution is 2.34. The number of anilines is 1. The first kappa shape index (κ1) is 16.8. The maximum atomic E-state index is 11.8. The third kappa shape index (κ3) is 5.30. The van der Waals surface area contributed by atoms with E-state index >= 15 is 0 Å². The number of rotatable bonds is 5. The Labute approximate surface area is 149 Å². The molecule has 0 aromatic heterocycles. The van der Waals surface area contributed by atoms with Gasteiger partial charge in [-0.15, -0.1) is 0 Å². The second kappa shape index (κ2) is 8.19. The fraction of sp³-hybridized carbons (Fsp3) is 0.357. The van der Waals surface area contributed by atoms with Gasteiger partial charge in [0, 0.05) is 19.1 Å². The summed E-state index contributed by atoms with van der Waals surface area (Å²) >= 11 is 10.4. The van der Waals surface area contributed by atoms with E-state index in [0.29, 0.717) is 0 Å². The van der Waals surface area contributed by atoms with Crippen LogP contribution in [-0.4, -0.2) is 12.5 Å². The fourth-order valence-corrected chi connectivity index (χ4v) is 4.56. The van der Waals surface area contributed by atoms with Crippen molar-refractivity contribution in [1.29, 1.82) is 0 Å². The molecule has 0 aliphatic heterocycles. The monoisotopic (exact) mass is 479 g/mol. The SMILES string of the molecule is O=C(CNc1c(Br)cc(Br)cc1Br)NNC1=CCCCC1. The van der Waals surface area contributed by atoms with Crippen LogP contribution in [-0.2, 0) is 4.79 Å². The molecule has 1 aliphatic rings. The number of amides is 1. The van der Waals surface area contributed by atoms with Crippen LogP contribution in [0.5, 0.6) is 0 Å². The summed E-state index contributed by atoms with van der Waals surface area (Å²) in [6.45, 7) is 0.194. The van der Waals surface area contributed by atoms with Gasteiger partial charge in [0.1, 0.15) is 0 Å². The molecular formula is C14H16Br3N3O. The van der Waals surface area contributed by atoms with Crippen LogP contribution in [0.3, 0.4) is 0 Å². The number of hydrazine groups is 1. The van der Waals surface area contributed by atoms with Crippen LogP contribution in [0.15, 0.2) is 37.3 Å². The third-order valence-corrected chi connectivity index (χ3v) is 4.79. The number of halogens is 3. The number of hydrogen-bond donors (Lipinski definition) is 3. The van der Waals surface area contributed by atoms with E-state index in [1.165, 1.54) is 12.8 Å². The van der Waals surface area contributed by atoms with Crippen molar-refractivity contribution >= 4 is 59.4 Å². The fourth-order valence-electron chi connectivity index (χ4n) is 2.03. The maximum Gasteiger partial charge on any atom is 0.257 e. The molecule has 0 radical (unpaired) electrons. The number of carbonyl (C=O) groups is 1. The van der Waals surface area contributed by atoms with Gasteiger partial charge in [0.15, 0.2) is 0 Å². The molecule has 1 aliphatic carbocycles. The standard InChI is InChI=1S/C14H16Br3N3O/c15-9-6-11(16)14(12(17)7-9)18-8-13(21)20-19-10-4-2-1-3-5-10/h4,6-7,18-19H,1-3,5,8H2,(H,20,21). The zero-order valence-corrected chi connectivity index (χ0v) is 16.1. The average molecular weight is 482 g/mol. The molecule has 21 heavy (non-hydrogen) atoms. The quantitative estimate of drug-likeness (QED) is 0.544. The molecule has 0 saturated carbocycles. The Hall–Kier alpha value is -0.530. The highest BCUT2D eigenvalue weighted by atomic mass is 79.9. The van der Waals surface area contributed by atoms with Gasteiger partial charge in [-0.2, -0.15) is 0 Å². The molecule has 0 unspecified atom stereocenters. The van der Waals surface area contributed by atoms with Crippen molar-refractivity contribution in [3.63, 3.8) is 0 Å². The van der Waals surface area contributed by atoms with Crippen LogP contribution in [0.2, 0.25) is 0 Å². The summed E-state index contributed by atoms with van der Waals surface area (Å²) in [4.78, 5) is 11.8. The molecule has 0 atom stereocenters. The highest BCUT2D eigenvalue weighted by Gasteiger charge is 2.09. The normalized spacial score (nSPS) is 14.3. The summed E-state index contributed by atoms with van der Waals surface area (Å²) in [6, 6.07) is 3.85. The van der Waals surface area contributed by atoms with Crippen molar-refractivity contribution in [2.75, 3.05) is 11.9 Å². The van der Waals surface area contributed by atoms with Crippen molar-refractivity contribution in [2.24, 2.45) is 0 Å². The molecule has 7 heteroatoms. The lowest BCUT2D eigenvalue weighted by molar-refractivity contribution is -0.120. The Morgan fingerprint density at radius 2 is 1.86 bits per heavy atom. The van der Waals surface area contributed by atoms with E-state index in [9.17, 15) is 4.79 Å². The van der Waals surface area contributed by atoms with Crippen LogP contribution >= 0.6 is 47.8 Å². The predicted molar refractivity (Wildman–Crippen MR) is 95.9 cm³/mol. The first-order valence-corrected chi connectivity index (χ1v) is 9.06. The number of nitrogens with one attached hydrogen (secondary N) is 3. The summed E-state index contributed by atoms with van der Waals surface area (Å²) in [5.74, 6) is -0.108. The van der Waals surface area contributed by atoms with Crippen molar-refractivity contribution in [3.05, 3.63) is 37.3 Å². The van der Waals surface area contributed by atoms with Gasteiger partial charge in [-0.05, 0) is 69.7 Å². The van der Waals surface area contributed by atoms with Gasteiger partial charge in [-0.1, -0.05) is 22.0 Å². The van der Waals surface area contributed by atoms with E-state index in [2.05, 4.69) is 70.0 Å². The number of hydrogen-bond acceptors (Lipinski definition) is 3. The van der Waals surface area contributed by atoms with Crippen molar-refractivity contribution < 1.29 is 4.79 Å². The minimum atomic E-state index is -0.108. The number of carbonyl (C=O) groups excluding carboxylic acids is 1. The smallest absolute Gasteiger partial charge is 0.257 e. The molecule has 0 fully saturated rings. The lowest BCUT2D eigenvalue weighted by Gasteiger charge is -2.16. The molecule has 2 rings (SSSR count). The first-order valence-electron chi connectivity index (χ1n) is 6.68. The third-order valence-electron chi connectivity index (χ3n) is 3.09. The second-order valence-corrected chi connectivity index (χ2v) is 7.37. The van der Waals surface area contributed by atoms with Crippen molar-refractivity contribution in [1.82, 2.24) is 10.9 Å². The Balaban J connectivity index is 1.82. The molecule has 0 heterocycles. The summed E-state index contributed by atoms with van der Waals surface area (Å²) < 4.78 is 2.74. The van der Waals surface area contributed by atoms with Crippen LogP contribution < -0.4 is 16.2 Å². The second-order valence-electron chi connectivity index (χ2n) is 4.75. The maximum absolute atomic E-state index is 11.8. The summed E-state index contributed by atoms with van der Waals surface area (Å²) in [5.41, 5.74) is 7.65. The van der Waals surface area contributed by atoms with Crippen LogP contribution in [0.25, 0.3) is 0 Å². The summed E-state index contributed by atoms with van der Waals surface area (Å²) in [7, 11) is 0. The average Bonchev–Trinajstić information content (AvgIpc) is 2.45. The largest absolute Gasteiger partial charge is 0.374 e. The topological polar surface area (TPSA) is 53.2 Å². The molecule has 4 nitrogen and oxygen atoms in total.